The van der Waals surface area contributed by atoms with Gasteiger partial charge in [0.25, 0.3) is 11.2 Å². The first-order chi connectivity index (χ1) is 21.2. The number of aromatic nitrogens is 1. The highest BCUT2D eigenvalue weighted by molar-refractivity contribution is 7.07. The maximum Gasteiger partial charge on any atom is 0.338 e. The molecule has 2 aromatic carbocycles. The number of nitro benzene ring substituents is 1. The van der Waals surface area contributed by atoms with Crippen LogP contribution in [0.1, 0.15) is 44.1 Å². The maximum atomic E-state index is 14.1. The summed E-state index contributed by atoms with van der Waals surface area (Å²) in [6, 6.07) is 11.7. The number of hydrogen-bond donors (Lipinski definition) is 0. The van der Waals surface area contributed by atoms with Crippen LogP contribution in [-0.4, -0.2) is 36.3 Å². The fourth-order valence-corrected chi connectivity index (χ4v) is 6.22. The van der Waals surface area contributed by atoms with E-state index >= 15 is 0 Å². The van der Waals surface area contributed by atoms with Gasteiger partial charge >= 0.3 is 5.97 Å². The second kappa shape index (κ2) is 12.9. The molecule has 0 unspecified atom stereocenters. The molecule has 0 N–H and O–H groups in total. The Kier molecular flexibility index (Phi) is 9.02. The van der Waals surface area contributed by atoms with Crippen molar-refractivity contribution in [2.24, 2.45) is 4.99 Å². The lowest BCUT2D eigenvalue weighted by Gasteiger charge is -2.27. The summed E-state index contributed by atoms with van der Waals surface area (Å²) in [6.07, 6.45) is 2.71. The molecule has 0 amide bonds. The lowest BCUT2D eigenvalue weighted by atomic mass is 9.93. The third kappa shape index (κ3) is 5.78. The molecule has 228 valence electrons. The van der Waals surface area contributed by atoms with Gasteiger partial charge in [-0.25, -0.2) is 9.79 Å². The summed E-state index contributed by atoms with van der Waals surface area (Å²) in [5, 5.41) is 12.1. The first-order valence-electron chi connectivity index (χ1n) is 13.7. The number of nitro groups is 1. The van der Waals surface area contributed by atoms with E-state index in [9.17, 15) is 19.7 Å². The maximum absolute atomic E-state index is 14.1. The lowest BCUT2D eigenvalue weighted by molar-refractivity contribution is -0.384. The van der Waals surface area contributed by atoms with E-state index in [2.05, 4.69) is 0 Å². The second-order valence-electron chi connectivity index (χ2n) is 9.64. The number of carbonyl (C=O) groups excluding carboxylic acids is 1. The van der Waals surface area contributed by atoms with Crippen molar-refractivity contribution < 1.29 is 28.3 Å². The van der Waals surface area contributed by atoms with Gasteiger partial charge in [0.05, 0.1) is 53.2 Å². The Bertz CT molecular complexity index is 1970. The van der Waals surface area contributed by atoms with Gasteiger partial charge in [0.15, 0.2) is 4.80 Å². The average molecular weight is 638 g/mol. The summed E-state index contributed by atoms with van der Waals surface area (Å²) < 4.78 is 23.8. The van der Waals surface area contributed by atoms with Gasteiger partial charge in [-0.3, -0.25) is 19.5 Å². The molecule has 1 aliphatic rings. The van der Waals surface area contributed by atoms with Gasteiger partial charge in [0.1, 0.15) is 29.1 Å². The highest BCUT2D eigenvalue weighted by atomic mass is 35.5. The van der Waals surface area contributed by atoms with Crippen molar-refractivity contribution in [3.05, 3.63) is 106 Å². The molecule has 3 heterocycles. The molecule has 2 aromatic heterocycles. The third-order valence-electron chi connectivity index (χ3n) is 6.95. The first-order valence-corrected chi connectivity index (χ1v) is 14.9. The van der Waals surface area contributed by atoms with Crippen LogP contribution in [0.4, 0.5) is 5.69 Å². The number of methoxy groups -OCH3 is 2. The highest BCUT2D eigenvalue weighted by Crippen LogP contribution is 2.38. The molecule has 0 saturated heterocycles. The van der Waals surface area contributed by atoms with E-state index in [1.165, 1.54) is 30.9 Å². The van der Waals surface area contributed by atoms with Crippen molar-refractivity contribution in [3.63, 3.8) is 0 Å². The number of furan rings is 1. The van der Waals surface area contributed by atoms with E-state index in [1.54, 1.807) is 49.4 Å². The molecule has 1 atom stereocenters. The van der Waals surface area contributed by atoms with Crippen LogP contribution >= 0.6 is 22.9 Å². The van der Waals surface area contributed by atoms with Crippen LogP contribution in [0, 0.1) is 10.1 Å². The Morgan fingerprint density at radius 2 is 1.95 bits per heavy atom. The molecule has 11 nitrogen and oxygen atoms in total. The summed E-state index contributed by atoms with van der Waals surface area (Å²) >= 11 is 7.53. The summed E-state index contributed by atoms with van der Waals surface area (Å²) in [6.45, 7) is 3.82. The van der Waals surface area contributed by atoms with Crippen LogP contribution in [0.15, 0.2) is 74.0 Å². The fraction of sp³-hybridized carbons (Fsp3) is 0.258. The Labute approximate surface area is 260 Å². The normalized spacial score (nSPS) is 14.7. The van der Waals surface area contributed by atoms with Crippen LogP contribution in [0.5, 0.6) is 11.5 Å². The van der Waals surface area contributed by atoms with Crippen molar-refractivity contribution in [3.8, 4) is 22.8 Å². The van der Waals surface area contributed by atoms with E-state index in [4.69, 9.17) is 35.2 Å². The topological polar surface area (TPSA) is 135 Å². The number of benzene rings is 2. The van der Waals surface area contributed by atoms with Gasteiger partial charge in [-0.2, -0.15) is 0 Å². The number of thiazole rings is 1. The average Bonchev–Trinajstić information content (AvgIpc) is 3.60. The van der Waals surface area contributed by atoms with Gasteiger partial charge in [-0.1, -0.05) is 36.3 Å². The number of esters is 1. The third-order valence-corrected chi connectivity index (χ3v) is 8.16. The molecule has 1 aliphatic heterocycles. The minimum atomic E-state index is -0.920. The SMILES string of the molecule is CCCC1=C(C(=O)OCC)[C@@H](c2cc(Cl)ccc2OC)n2c(s/c(=C/c3ccc(-c4ccc(OC)cc4[N+](=O)[O-])o3)c2=O)=N1. The minimum Gasteiger partial charge on any atom is -0.497 e. The quantitative estimate of drug-likeness (QED) is 0.128. The molecule has 0 spiro atoms. The molecule has 5 rings (SSSR count). The zero-order chi connectivity index (χ0) is 31.5. The van der Waals surface area contributed by atoms with Gasteiger partial charge < -0.3 is 18.6 Å². The fourth-order valence-electron chi connectivity index (χ4n) is 5.04. The molecule has 0 aliphatic carbocycles. The minimum absolute atomic E-state index is 0.138. The molecular formula is C31H28ClN3O8S. The predicted octanol–water partition coefficient (Wildman–Crippen LogP) is 5.42. The van der Waals surface area contributed by atoms with Crippen molar-refractivity contribution >= 4 is 40.7 Å². The number of nitrogens with zero attached hydrogens (tertiary/aromatic N) is 3. The first kappa shape index (κ1) is 30.8. The number of carbonyl (C=O) groups is 1. The number of fused-ring (bicyclic) bond motifs is 1. The van der Waals surface area contributed by atoms with Gasteiger partial charge in [0, 0.05) is 16.7 Å². The zero-order valence-corrected chi connectivity index (χ0v) is 25.9. The zero-order valence-electron chi connectivity index (χ0n) is 24.3. The van der Waals surface area contributed by atoms with E-state index in [0.717, 1.165) is 11.3 Å². The van der Waals surface area contributed by atoms with E-state index in [1.807, 2.05) is 6.92 Å². The number of halogens is 1. The number of ether oxygens (including phenoxy) is 3. The van der Waals surface area contributed by atoms with Gasteiger partial charge in [0.2, 0.25) is 0 Å². The monoisotopic (exact) mass is 637 g/mol. The molecule has 44 heavy (non-hydrogen) atoms. The molecule has 0 bridgehead atoms. The lowest BCUT2D eigenvalue weighted by Crippen LogP contribution is -2.40. The van der Waals surface area contributed by atoms with Gasteiger partial charge in [-0.15, -0.1) is 0 Å². The smallest absolute Gasteiger partial charge is 0.338 e. The standard InChI is InChI=1S/C31H28ClN3O8S/c1-5-7-22-27(30(37)42-6-2)28(21-14-17(32)8-12-24(21)41-4)34-29(36)26(44-31(34)33-22)16-19-10-13-25(43-19)20-11-9-18(40-3)15-23(20)35(38)39/h8-16,28H,5-7H2,1-4H3/b26-16+/t28-/m1/s1. The second-order valence-corrected chi connectivity index (χ2v) is 11.1. The Morgan fingerprint density at radius 3 is 2.64 bits per heavy atom. The van der Waals surface area contributed by atoms with Crippen molar-refractivity contribution in [1.29, 1.82) is 0 Å². The Morgan fingerprint density at radius 1 is 1.16 bits per heavy atom. The summed E-state index contributed by atoms with van der Waals surface area (Å²) in [5.74, 6) is 0.729. The van der Waals surface area contributed by atoms with Crippen molar-refractivity contribution in [2.75, 3.05) is 20.8 Å². The van der Waals surface area contributed by atoms with Crippen molar-refractivity contribution in [1.82, 2.24) is 4.57 Å². The number of allylic oxidation sites excluding steroid dienone is 1. The molecule has 13 heteroatoms. The molecular weight excluding hydrogens is 610 g/mol. The van der Waals surface area contributed by atoms with E-state index in [-0.39, 0.29) is 33.7 Å². The van der Waals surface area contributed by atoms with E-state index in [0.29, 0.717) is 51.2 Å². The summed E-state index contributed by atoms with van der Waals surface area (Å²) in [4.78, 5) is 43.8. The Balaban J connectivity index is 1.70. The summed E-state index contributed by atoms with van der Waals surface area (Å²) in [5.41, 5.74) is 0.902. The molecule has 0 radical (unpaired) electrons. The van der Waals surface area contributed by atoms with Crippen LogP contribution < -0.4 is 24.4 Å². The van der Waals surface area contributed by atoms with Crippen LogP contribution in [-0.2, 0) is 9.53 Å². The Hall–Kier alpha value is -4.68. The summed E-state index contributed by atoms with van der Waals surface area (Å²) in [7, 11) is 2.92. The molecule has 0 saturated carbocycles. The largest absolute Gasteiger partial charge is 0.497 e. The predicted molar refractivity (Wildman–Crippen MR) is 165 cm³/mol. The van der Waals surface area contributed by atoms with E-state index < -0.39 is 22.5 Å². The van der Waals surface area contributed by atoms with Crippen LogP contribution in [0.2, 0.25) is 5.02 Å². The number of rotatable bonds is 10. The van der Waals surface area contributed by atoms with Gasteiger partial charge in [-0.05, 0) is 55.8 Å². The van der Waals surface area contributed by atoms with Crippen LogP contribution in [0.3, 0.4) is 0 Å². The molecule has 4 aromatic rings. The van der Waals surface area contributed by atoms with Crippen LogP contribution in [0.25, 0.3) is 17.4 Å². The highest BCUT2D eigenvalue weighted by Gasteiger charge is 2.36. The van der Waals surface area contributed by atoms with Crippen molar-refractivity contribution in [2.45, 2.75) is 32.7 Å². The molecule has 0 fully saturated rings. The number of hydrogen-bond acceptors (Lipinski definition) is 10.